The minimum absolute atomic E-state index is 0.108. The number of nitrogens with zero attached hydrogens (tertiary/aromatic N) is 1. The smallest absolute Gasteiger partial charge is 0.223 e. The van der Waals surface area contributed by atoms with Crippen molar-refractivity contribution in [1.29, 1.82) is 0 Å². The summed E-state index contributed by atoms with van der Waals surface area (Å²) in [4.78, 5) is 25.7. The van der Waals surface area contributed by atoms with Crippen LogP contribution in [0.4, 0.5) is 0 Å². The molecule has 2 saturated carbocycles. The van der Waals surface area contributed by atoms with Crippen LogP contribution in [0.3, 0.4) is 0 Å². The minimum Gasteiger partial charge on any atom is -0.353 e. The van der Waals surface area contributed by atoms with Crippen molar-refractivity contribution < 1.29 is 9.59 Å². The molecule has 0 radical (unpaired) electrons. The van der Waals surface area contributed by atoms with E-state index in [0.29, 0.717) is 11.5 Å². The van der Waals surface area contributed by atoms with Gasteiger partial charge < -0.3 is 10.2 Å². The van der Waals surface area contributed by atoms with Gasteiger partial charge in [-0.3, -0.25) is 9.59 Å². The van der Waals surface area contributed by atoms with Crippen LogP contribution in [0.2, 0.25) is 0 Å². The molecule has 3 rings (SSSR count). The Morgan fingerprint density at radius 1 is 0.913 bits per heavy atom. The molecule has 3 fully saturated rings. The molecule has 2 amide bonds. The van der Waals surface area contributed by atoms with Gasteiger partial charge in [0.15, 0.2) is 0 Å². The van der Waals surface area contributed by atoms with E-state index in [1.165, 1.54) is 44.9 Å². The first kappa shape index (κ1) is 16.8. The zero-order valence-electron chi connectivity index (χ0n) is 14.6. The lowest BCUT2D eigenvalue weighted by Gasteiger charge is -2.43. The summed E-state index contributed by atoms with van der Waals surface area (Å²) < 4.78 is 0. The molecule has 0 aromatic carbocycles. The molecule has 0 bridgehead atoms. The van der Waals surface area contributed by atoms with Crippen LogP contribution in [0, 0.1) is 11.3 Å². The molecule has 1 heterocycles. The van der Waals surface area contributed by atoms with E-state index in [1.54, 1.807) is 6.92 Å². The third-order valence-electron chi connectivity index (χ3n) is 6.62. The van der Waals surface area contributed by atoms with Crippen molar-refractivity contribution >= 4 is 11.8 Å². The zero-order valence-corrected chi connectivity index (χ0v) is 14.6. The van der Waals surface area contributed by atoms with Gasteiger partial charge in [0.05, 0.1) is 0 Å². The summed E-state index contributed by atoms with van der Waals surface area (Å²) in [6.07, 6.45) is 13.6. The Morgan fingerprint density at radius 3 is 2.09 bits per heavy atom. The summed E-state index contributed by atoms with van der Waals surface area (Å²) in [6.45, 7) is 3.09. The lowest BCUT2D eigenvalue weighted by Crippen LogP contribution is -2.46. The number of likely N-dealkylation sites (tertiary alicyclic amines) is 1. The van der Waals surface area contributed by atoms with Crippen LogP contribution in [-0.4, -0.2) is 35.8 Å². The van der Waals surface area contributed by atoms with Crippen LogP contribution in [0.15, 0.2) is 0 Å². The topological polar surface area (TPSA) is 49.4 Å². The van der Waals surface area contributed by atoms with Crippen molar-refractivity contribution in [3.63, 3.8) is 0 Å². The molecule has 2 aliphatic carbocycles. The maximum Gasteiger partial charge on any atom is 0.223 e. The summed E-state index contributed by atoms with van der Waals surface area (Å²) in [5.74, 6) is 0.475. The van der Waals surface area contributed by atoms with E-state index >= 15 is 0 Å². The van der Waals surface area contributed by atoms with Crippen LogP contribution in [0.25, 0.3) is 0 Å². The third-order valence-corrected chi connectivity index (χ3v) is 6.62. The van der Waals surface area contributed by atoms with Crippen LogP contribution < -0.4 is 5.32 Å². The number of hydrogen-bond acceptors (Lipinski definition) is 2. The standard InChI is InChI=1S/C19H32N2O2/c1-15(22)21-13-7-16(8-14-21)18(23)20-17-5-11-19(12-6-17)9-3-2-4-10-19/h16-17H,2-14H2,1H3,(H,20,23). The van der Waals surface area contributed by atoms with Gasteiger partial charge in [-0.2, -0.15) is 0 Å². The van der Waals surface area contributed by atoms with Gasteiger partial charge in [0.1, 0.15) is 0 Å². The number of nitrogens with one attached hydrogen (secondary N) is 1. The van der Waals surface area contributed by atoms with Gasteiger partial charge in [0.2, 0.25) is 11.8 Å². The maximum absolute atomic E-state index is 12.5. The molecule has 1 aliphatic heterocycles. The highest BCUT2D eigenvalue weighted by Gasteiger charge is 2.37. The highest BCUT2D eigenvalue weighted by atomic mass is 16.2. The highest BCUT2D eigenvalue weighted by molar-refractivity contribution is 5.79. The van der Waals surface area contributed by atoms with E-state index < -0.39 is 0 Å². The summed E-state index contributed by atoms with van der Waals surface area (Å²) >= 11 is 0. The van der Waals surface area contributed by atoms with E-state index in [9.17, 15) is 9.59 Å². The van der Waals surface area contributed by atoms with E-state index in [2.05, 4.69) is 5.32 Å². The van der Waals surface area contributed by atoms with Crippen molar-refractivity contribution in [2.45, 2.75) is 83.6 Å². The zero-order chi connectivity index (χ0) is 16.3. The fraction of sp³-hybridized carbons (Fsp3) is 0.895. The maximum atomic E-state index is 12.5. The summed E-state index contributed by atoms with van der Waals surface area (Å²) in [7, 11) is 0. The van der Waals surface area contributed by atoms with Gasteiger partial charge >= 0.3 is 0 Å². The first-order chi connectivity index (χ1) is 11.1. The summed E-state index contributed by atoms with van der Waals surface area (Å²) in [6, 6.07) is 0.390. The molecular weight excluding hydrogens is 288 g/mol. The molecule has 0 aromatic heterocycles. The number of piperidine rings is 1. The lowest BCUT2D eigenvalue weighted by molar-refractivity contribution is -0.134. The second-order valence-electron chi connectivity index (χ2n) is 8.12. The Labute approximate surface area is 140 Å². The average Bonchev–Trinajstić information content (AvgIpc) is 2.58. The molecule has 0 unspecified atom stereocenters. The molecule has 0 aromatic rings. The van der Waals surface area contributed by atoms with Gasteiger partial charge in [0, 0.05) is 32.0 Å². The van der Waals surface area contributed by atoms with Crippen molar-refractivity contribution in [3.8, 4) is 0 Å². The Morgan fingerprint density at radius 2 is 1.52 bits per heavy atom. The number of carbonyl (C=O) groups excluding carboxylic acids is 2. The van der Waals surface area contributed by atoms with Gasteiger partial charge in [-0.15, -0.1) is 0 Å². The molecule has 0 atom stereocenters. The predicted octanol–water partition coefficient (Wildman–Crippen LogP) is 3.25. The molecule has 3 aliphatic rings. The number of rotatable bonds is 2. The van der Waals surface area contributed by atoms with Crippen molar-refractivity contribution in [3.05, 3.63) is 0 Å². The number of amides is 2. The van der Waals surface area contributed by atoms with Gasteiger partial charge in [-0.05, 0) is 56.8 Å². The van der Waals surface area contributed by atoms with Crippen LogP contribution >= 0.6 is 0 Å². The highest BCUT2D eigenvalue weighted by Crippen LogP contribution is 2.47. The van der Waals surface area contributed by atoms with E-state index in [4.69, 9.17) is 0 Å². The summed E-state index contributed by atoms with van der Waals surface area (Å²) in [5, 5.41) is 3.31. The monoisotopic (exact) mass is 320 g/mol. The molecule has 1 saturated heterocycles. The molecule has 130 valence electrons. The summed E-state index contributed by atoms with van der Waals surface area (Å²) in [5.41, 5.74) is 0.617. The molecule has 4 nitrogen and oxygen atoms in total. The first-order valence-corrected chi connectivity index (χ1v) is 9.64. The molecule has 1 spiro atoms. The molecule has 1 N–H and O–H groups in total. The fourth-order valence-corrected chi connectivity index (χ4v) is 4.95. The van der Waals surface area contributed by atoms with Crippen LogP contribution in [0.5, 0.6) is 0 Å². The predicted molar refractivity (Wildman–Crippen MR) is 90.9 cm³/mol. The largest absolute Gasteiger partial charge is 0.353 e. The molecule has 23 heavy (non-hydrogen) atoms. The molecular formula is C19H32N2O2. The Balaban J connectivity index is 1.42. The van der Waals surface area contributed by atoms with Crippen molar-refractivity contribution in [1.82, 2.24) is 10.2 Å². The van der Waals surface area contributed by atoms with E-state index in [0.717, 1.165) is 38.8 Å². The van der Waals surface area contributed by atoms with E-state index in [1.807, 2.05) is 4.90 Å². The fourth-order valence-electron chi connectivity index (χ4n) is 4.95. The number of carbonyl (C=O) groups is 2. The normalized spacial score (nSPS) is 26.2. The second-order valence-corrected chi connectivity index (χ2v) is 8.12. The van der Waals surface area contributed by atoms with Crippen molar-refractivity contribution in [2.24, 2.45) is 11.3 Å². The Bertz CT molecular complexity index is 425. The van der Waals surface area contributed by atoms with Gasteiger partial charge in [0.25, 0.3) is 0 Å². The first-order valence-electron chi connectivity index (χ1n) is 9.64. The van der Waals surface area contributed by atoms with Gasteiger partial charge in [-0.25, -0.2) is 0 Å². The van der Waals surface area contributed by atoms with E-state index in [-0.39, 0.29) is 17.7 Å². The Kier molecular flexibility index (Phi) is 5.27. The quantitative estimate of drug-likeness (QED) is 0.849. The van der Waals surface area contributed by atoms with Crippen LogP contribution in [-0.2, 0) is 9.59 Å². The third kappa shape index (κ3) is 4.07. The number of hydrogen-bond donors (Lipinski definition) is 1. The van der Waals surface area contributed by atoms with Crippen molar-refractivity contribution in [2.75, 3.05) is 13.1 Å². The second kappa shape index (κ2) is 7.23. The van der Waals surface area contributed by atoms with Crippen LogP contribution in [0.1, 0.15) is 77.6 Å². The lowest BCUT2D eigenvalue weighted by atomic mass is 9.64. The SMILES string of the molecule is CC(=O)N1CCC(C(=O)NC2CCC3(CCCCC3)CC2)CC1. The average molecular weight is 320 g/mol. The Hall–Kier alpha value is -1.06. The van der Waals surface area contributed by atoms with Gasteiger partial charge in [-0.1, -0.05) is 19.3 Å². The minimum atomic E-state index is 0.108. The molecule has 4 heteroatoms.